The molecule has 1 N–H and O–H groups in total. The Balaban J connectivity index is 1.51. The minimum atomic E-state index is -0.505. The number of hydrogen-bond acceptors (Lipinski definition) is 7. The summed E-state index contributed by atoms with van der Waals surface area (Å²) >= 11 is 0. The van der Waals surface area contributed by atoms with E-state index in [0.29, 0.717) is 29.1 Å². The van der Waals surface area contributed by atoms with Gasteiger partial charge in [0.2, 0.25) is 5.91 Å². The van der Waals surface area contributed by atoms with E-state index in [0.717, 1.165) is 17.0 Å². The standard InChI is InChI=1S/C20H18FN9O/c1-11-16(12(2)29-20(24-11)14(9-22)10-23-29)5-7-19(31)25-15-4-6-17(21)18(8-15)30-13(3)26-27-28-30/h4,6,8,10H,5,7H2,1-3H3,(H,25,31). The van der Waals surface area contributed by atoms with Gasteiger partial charge in [0, 0.05) is 23.5 Å². The number of hydrogen-bond donors (Lipinski definition) is 1. The highest BCUT2D eigenvalue weighted by molar-refractivity contribution is 5.91. The van der Waals surface area contributed by atoms with Gasteiger partial charge in [-0.25, -0.2) is 13.9 Å². The van der Waals surface area contributed by atoms with Crippen LogP contribution in [0.2, 0.25) is 0 Å². The molecule has 31 heavy (non-hydrogen) atoms. The third-order valence-corrected chi connectivity index (χ3v) is 5.01. The van der Waals surface area contributed by atoms with Crippen molar-refractivity contribution in [1.82, 2.24) is 34.8 Å². The molecule has 4 rings (SSSR count). The smallest absolute Gasteiger partial charge is 0.224 e. The molecule has 0 spiro atoms. The van der Waals surface area contributed by atoms with Gasteiger partial charge in [-0.05, 0) is 61.4 Å². The Morgan fingerprint density at radius 3 is 2.81 bits per heavy atom. The Morgan fingerprint density at radius 2 is 2.10 bits per heavy atom. The first kappa shape index (κ1) is 20.1. The zero-order valence-corrected chi connectivity index (χ0v) is 17.1. The van der Waals surface area contributed by atoms with Crippen LogP contribution in [0.5, 0.6) is 0 Å². The zero-order valence-electron chi connectivity index (χ0n) is 17.1. The summed E-state index contributed by atoms with van der Waals surface area (Å²) < 4.78 is 17.1. The Labute approximate surface area is 176 Å². The summed E-state index contributed by atoms with van der Waals surface area (Å²) in [5.74, 6) is -0.313. The molecule has 0 atom stereocenters. The van der Waals surface area contributed by atoms with Crippen molar-refractivity contribution in [1.29, 1.82) is 5.26 Å². The molecule has 0 saturated carbocycles. The van der Waals surface area contributed by atoms with Crippen LogP contribution in [0.1, 0.15) is 34.8 Å². The summed E-state index contributed by atoms with van der Waals surface area (Å²) in [6.45, 7) is 5.37. The van der Waals surface area contributed by atoms with E-state index in [-0.39, 0.29) is 18.0 Å². The first-order valence-electron chi connectivity index (χ1n) is 9.47. The van der Waals surface area contributed by atoms with Crippen molar-refractivity contribution in [3.63, 3.8) is 0 Å². The fourth-order valence-corrected chi connectivity index (χ4v) is 3.42. The van der Waals surface area contributed by atoms with Crippen molar-refractivity contribution >= 4 is 17.2 Å². The van der Waals surface area contributed by atoms with Crippen molar-refractivity contribution < 1.29 is 9.18 Å². The monoisotopic (exact) mass is 419 g/mol. The molecule has 3 aromatic heterocycles. The molecule has 10 nitrogen and oxygen atoms in total. The van der Waals surface area contributed by atoms with Crippen LogP contribution in [0.25, 0.3) is 11.3 Å². The van der Waals surface area contributed by atoms with Crippen LogP contribution in [0.15, 0.2) is 24.4 Å². The average Bonchev–Trinajstić information content (AvgIpc) is 3.35. The lowest BCUT2D eigenvalue weighted by atomic mass is 10.1. The minimum absolute atomic E-state index is 0.147. The molecule has 0 bridgehead atoms. The molecule has 1 amide bonds. The highest BCUT2D eigenvalue weighted by atomic mass is 19.1. The number of aryl methyl sites for hydroxylation is 3. The lowest BCUT2D eigenvalue weighted by molar-refractivity contribution is -0.116. The Hall–Kier alpha value is -4.20. The largest absolute Gasteiger partial charge is 0.326 e. The summed E-state index contributed by atoms with van der Waals surface area (Å²) in [7, 11) is 0. The van der Waals surface area contributed by atoms with Gasteiger partial charge in [0.1, 0.15) is 23.1 Å². The molecule has 0 aliphatic carbocycles. The molecule has 1 aromatic carbocycles. The number of carbonyl (C=O) groups excluding carboxylic acids is 1. The molecule has 3 heterocycles. The summed E-state index contributed by atoms with van der Waals surface area (Å²) in [4.78, 5) is 17.0. The van der Waals surface area contributed by atoms with Gasteiger partial charge in [0.05, 0.1) is 6.20 Å². The number of fused-ring (bicyclic) bond motifs is 1. The number of benzene rings is 1. The molecule has 11 heteroatoms. The van der Waals surface area contributed by atoms with E-state index in [2.05, 4.69) is 37.0 Å². The number of aromatic nitrogens is 7. The molecule has 0 fully saturated rings. The van der Waals surface area contributed by atoms with E-state index >= 15 is 0 Å². The number of carbonyl (C=O) groups is 1. The second kappa shape index (κ2) is 7.91. The number of amides is 1. The third-order valence-electron chi connectivity index (χ3n) is 5.01. The third kappa shape index (κ3) is 3.71. The number of rotatable bonds is 5. The average molecular weight is 419 g/mol. The zero-order chi connectivity index (χ0) is 22.1. The van der Waals surface area contributed by atoms with Crippen LogP contribution < -0.4 is 5.32 Å². The van der Waals surface area contributed by atoms with Crippen molar-refractivity contribution in [3.8, 4) is 11.8 Å². The molecule has 4 aromatic rings. The van der Waals surface area contributed by atoms with Gasteiger partial charge < -0.3 is 5.32 Å². The fraction of sp³-hybridized carbons (Fsp3) is 0.250. The molecule has 0 aliphatic heterocycles. The van der Waals surface area contributed by atoms with Gasteiger partial charge in [-0.2, -0.15) is 15.0 Å². The van der Waals surface area contributed by atoms with E-state index < -0.39 is 5.82 Å². The normalized spacial score (nSPS) is 10.9. The topological polar surface area (TPSA) is 127 Å². The van der Waals surface area contributed by atoms with Crippen molar-refractivity contribution in [3.05, 3.63) is 58.6 Å². The van der Waals surface area contributed by atoms with Gasteiger partial charge >= 0.3 is 0 Å². The van der Waals surface area contributed by atoms with E-state index in [1.165, 1.54) is 29.1 Å². The van der Waals surface area contributed by atoms with Crippen molar-refractivity contribution in [2.45, 2.75) is 33.6 Å². The predicted octanol–water partition coefficient (Wildman–Crippen LogP) is 2.21. The number of nitrogens with one attached hydrogen (secondary N) is 1. The Bertz CT molecular complexity index is 1350. The summed E-state index contributed by atoms with van der Waals surface area (Å²) in [5.41, 5.74) is 3.95. The second-order valence-corrected chi connectivity index (χ2v) is 7.02. The molecule has 0 aliphatic rings. The number of halogens is 1. The highest BCUT2D eigenvalue weighted by Crippen LogP contribution is 2.21. The van der Waals surface area contributed by atoms with Gasteiger partial charge in [-0.1, -0.05) is 0 Å². The lowest BCUT2D eigenvalue weighted by Gasteiger charge is -2.12. The molecular formula is C20H18FN9O. The van der Waals surface area contributed by atoms with Crippen LogP contribution >= 0.6 is 0 Å². The van der Waals surface area contributed by atoms with E-state index in [1.54, 1.807) is 11.4 Å². The predicted molar refractivity (Wildman–Crippen MR) is 108 cm³/mol. The van der Waals surface area contributed by atoms with Crippen molar-refractivity contribution in [2.24, 2.45) is 0 Å². The number of nitrogens with zero attached hydrogens (tertiary/aromatic N) is 8. The van der Waals surface area contributed by atoms with Crippen molar-refractivity contribution in [2.75, 3.05) is 5.32 Å². The van der Waals surface area contributed by atoms with Crippen LogP contribution in [0, 0.1) is 37.9 Å². The van der Waals surface area contributed by atoms with Gasteiger partial charge in [0.15, 0.2) is 11.5 Å². The number of nitriles is 1. The SMILES string of the molecule is Cc1nc2c(C#N)cnn2c(C)c1CCC(=O)Nc1ccc(F)c(-n2nnnc2C)c1. The molecular weight excluding hydrogens is 401 g/mol. The highest BCUT2D eigenvalue weighted by Gasteiger charge is 2.16. The van der Waals surface area contributed by atoms with Crippen LogP contribution in [0.3, 0.4) is 0 Å². The first-order valence-corrected chi connectivity index (χ1v) is 9.47. The fourth-order valence-electron chi connectivity index (χ4n) is 3.42. The molecule has 0 radical (unpaired) electrons. The number of anilines is 1. The Morgan fingerprint density at radius 1 is 1.29 bits per heavy atom. The van der Waals surface area contributed by atoms with Gasteiger partial charge in [-0.3, -0.25) is 4.79 Å². The summed E-state index contributed by atoms with van der Waals surface area (Å²) in [5, 5.41) is 27.2. The molecule has 0 unspecified atom stereocenters. The molecule has 0 saturated heterocycles. The lowest BCUT2D eigenvalue weighted by Crippen LogP contribution is -2.15. The second-order valence-electron chi connectivity index (χ2n) is 7.02. The Kier molecular flexibility index (Phi) is 5.12. The van der Waals surface area contributed by atoms with E-state index in [9.17, 15) is 14.4 Å². The minimum Gasteiger partial charge on any atom is -0.326 e. The van der Waals surface area contributed by atoms with Crippen LogP contribution in [-0.2, 0) is 11.2 Å². The maximum Gasteiger partial charge on any atom is 0.224 e. The quantitative estimate of drug-likeness (QED) is 0.525. The summed E-state index contributed by atoms with van der Waals surface area (Å²) in [6.07, 6.45) is 2.11. The van der Waals surface area contributed by atoms with Gasteiger partial charge in [0.25, 0.3) is 0 Å². The van der Waals surface area contributed by atoms with Crippen LogP contribution in [-0.4, -0.2) is 40.7 Å². The first-order chi connectivity index (χ1) is 14.9. The van der Waals surface area contributed by atoms with Crippen LogP contribution in [0.4, 0.5) is 10.1 Å². The van der Waals surface area contributed by atoms with E-state index in [4.69, 9.17) is 0 Å². The van der Waals surface area contributed by atoms with E-state index in [1.807, 2.05) is 13.8 Å². The molecule has 156 valence electrons. The summed E-state index contributed by atoms with van der Waals surface area (Å²) in [6, 6.07) is 6.29. The van der Waals surface area contributed by atoms with Gasteiger partial charge in [-0.15, -0.1) is 5.10 Å². The number of tetrazole rings is 1. The maximum absolute atomic E-state index is 14.2. The maximum atomic E-state index is 14.2.